The average molecular weight is 250 g/mol. The molecule has 1 aliphatic rings. The molecular weight excluding hydrogens is 234 g/mol. The first-order chi connectivity index (χ1) is 8.26. The molecule has 0 aromatic heterocycles. The van der Waals surface area contributed by atoms with Crippen molar-refractivity contribution < 1.29 is 0 Å². The van der Waals surface area contributed by atoms with Crippen molar-refractivity contribution >= 4 is 17.3 Å². The van der Waals surface area contributed by atoms with Gasteiger partial charge < -0.3 is 11.1 Å². The molecule has 0 saturated heterocycles. The molecule has 2 unspecified atom stereocenters. The summed E-state index contributed by atoms with van der Waals surface area (Å²) in [6.07, 6.45) is 3.47. The van der Waals surface area contributed by atoms with Crippen molar-refractivity contribution in [2.45, 2.75) is 25.3 Å². The highest BCUT2D eigenvalue weighted by Gasteiger charge is 2.26. The highest BCUT2D eigenvalue weighted by molar-refractivity contribution is 6.32. The van der Waals surface area contributed by atoms with Crippen LogP contribution in [0.4, 0.5) is 5.69 Å². The molecule has 3 nitrogen and oxygen atoms in total. The van der Waals surface area contributed by atoms with Crippen LogP contribution in [0.5, 0.6) is 0 Å². The molecule has 4 heteroatoms. The van der Waals surface area contributed by atoms with Crippen LogP contribution in [0, 0.1) is 17.2 Å². The van der Waals surface area contributed by atoms with Gasteiger partial charge in [-0.1, -0.05) is 24.1 Å². The lowest BCUT2D eigenvalue weighted by molar-refractivity contribution is 0.516. The smallest absolute Gasteiger partial charge is 0.103 e. The van der Waals surface area contributed by atoms with Crippen LogP contribution < -0.4 is 11.1 Å². The van der Waals surface area contributed by atoms with Crippen LogP contribution in [0.15, 0.2) is 18.2 Å². The molecule has 0 amide bonds. The van der Waals surface area contributed by atoms with Crippen molar-refractivity contribution in [1.82, 2.24) is 0 Å². The van der Waals surface area contributed by atoms with Crippen LogP contribution in [-0.2, 0) is 0 Å². The average Bonchev–Trinajstić information content (AvgIpc) is 2.77. The standard InChI is InChI=1S/C13H16ClN3/c14-11-4-2-6-13(10(11)8-16)17-12-5-1-3-9(12)7-15/h2,4,6,9,12,17H,1,3,5,7,15H2. The van der Waals surface area contributed by atoms with Gasteiger partial charge in [0, 0.05) is 6.04 Å². The molecular formula is C13H16ClN3. The van der Waals surface area contributed by atoms with E-state index in [0.29, 0.717) is 29.1 Å². The number of hydrogen-bond donors (Lipinski definition) is 2. The zero-order chi connectivity index (χ0) is 12.3. The minimum Gasteiger partial charge on any atom is -0.381 e. The Kier molecular flexibility index (Phi) is 3.88. The highest BCUT2D eigenvalue weighted by atomic mass is 35.5. The largest absolute Gasteiger partial charge is 0.381 e. The Balaban J connectivity index is 2.19. The summed E-state index contributed by atoms with van der Waals surface area (Å²) in [4.78, 5) is 0. The molecule has 1 aromatic rings. The molecule has 2 rings (SSSR count). The number of nitriles is 1. The van der Waals surface area contributed by atoms with Gasteiger partial charge in [0.2, 0.25) is 0 Å². The Morgan fingerprint density at radius 1 is 1.47 bits per heavy atom. The highest BCUT2D eigenvalue weighted by Crippen LogP contribution is 2.30. The van der Waals surface area contributed by atoms with Crippen LogP contribution in [0.25, 0.3) is 0 Å². The van der Waals surface area contributed by atoms with Crippen molar-refractivity contribution in [3.63, 3.8) is 0 Å². The van der Waals surface area contributed by atoms with Crippen molar-refractivity contribution in [3.8, 4) is 6.07 Å². The first-order valence-corrected chi connectivity index (χ1v) is 6.29. The summed E-state index contributed by atoms with van der Waals surface area (Å²) in [5, 5.41) is 13.0. The summed E-state index contributed by atoms with van der Waals surface area (Å²) >= 11 is 6.00. The molecule has 3 N–H and O–H groups in total. The number of halogens is 1. The first-order valence-electron chi connectivity index (χ1n) is 5.91. The molecule has 1 fully saturated rings. The SMILES string of the molecule is N#Cc1c(Cl)cccc1NC1CCCC1CN. The Morgan fingerprint density at radius 3 is 3.00 bits per heavy atom. The normalized spacial score (nSPS) is 23.4. The third-order valence-electron chi connectivity index (χ3n) is 3.43. The molecule has 0 bridgehead atoms. The van der Waals surface area contributed by atoms with Gasteiger partial charge in [0.05, 0.1) is 16.3 Å². The summed E-state index contributed by atoms with van der Waals surface area (Å²) in [7, 11) is 0. The monoisotopic (exact) mass is 249 g/mol. The maximum Gasteiger partial charge on any atom is 0.103 e. The number of anilines is 1. The zero-order valence-corrected chi connectivity index (χ0v) is 10.4. The number of hydrogen-bond acceptors (Lipinski definition) is 3. The van der Waals surface area contributed by atoms with E-state index >= 15 is 0 Å². The second-order valence-electron chi connectivity index (χ2n) is 4.45. The predicted octanol–water partition coefficient (Wildman–Crippen LogP) is 2.75. The molecule has 0 aliphatic heterocycles. The van der Waals surface area contributed by atoms with Gasteiger partial charge in [0.15, 0.2) is 0 Å². The minimum atomic E-state index is 0.366. The number of benzene rings is 1. The molecule has 2 atom stereocenters. The van der Waals surface area contributed by atoms with Crippen molar-refractivity contribution in [1.29, 1.82) is 5.26 Å². The van der Waals surface area contributed by atoms with Crippen LogP contribution in [0.3, 0.4) is 0 Å². The third-order valence-corrected chi connectivity index (χ3v) is 3.74. The lowest BCUT2D eigenvalue weighted by Gasteiger charge is -2.21. The van der Waals surface area contributed by atoms with Gasteiger partial charge in [-0.2, -0.15) is 5.26 Å². The van der Waals surface area contributed by atoms with E-state index in [-0.39, 0.29) is 0 Å². The van der Waals surface area contributed by atoms with E-state index in [2.05, 4.69) is 11.4 Å². The Labute approximate surface area is 107 Å². The fourth-order valence-corrected chi connectivity index (χ4v) is 2.68. The summed E-state index contributed by atoms with van der Waals surface area (Å²) in [6.45, 7) is 0.695. The maximum absolute atomic E-state index is 9.10. The van der Waals surface area contributed by atoms with Gasteiger partial charge in [-0.3, -0.25) is 0 Å². The number of rotatable bonds is 3. The van der Waals surface area contributed by atoms with Gasteiger partial charge >= 0.3 is 0 Å². The molecule has 1 aromatic carbocycles. The van der Waals surface area contributed by atoms with Crippen LogP contribution in [0.2, 0.25) is 5.02 Å². The van der Waals surface area contributed by atoms with E-state index < -0.39 is 0 Å². The van der Waals surface area contributed by atoms with Gasteiger partial charge in [0.1, 0.15) is 6.07 Å². The van der Waals surface area contributed by atoms with Gasteiger partial charge in [-0.25, -0.2) is 0 Å². The first kappa shape index (κ1) is 12.2. The lowest BCUT2D eigenvalue weighted by atomic mass is 10.0. The fraction of sp³-hybridized carbons (Fsp3) is 0.462. The van der Waals surface area contributed by atoms with E-state index in [1.54, 1.807) is 6.07 Å². The Bertz CT molecular complexity index is 439. The van der Waals surface area contributed by atoms with E-state index in [4.69, 9.17) is 22.6 Å². The molecule has 17 heavy (non-hydrogen) atoms. The van der Waals surface area contributed by atoms with E-state index in [1.165, 1.54) is 6.42 Å². The van der Waals surface area contributed by atoms with E-state index in [1.807, 2.05) is 12.1 Å². The predicted molar refractivity (Wildman–Crippen MR) is 70.0 cm³/mol. The molecule has 1 aliphatic carbocycles. The topological polar surface area (TPSA) is 61.8 Å². The summed E-state index contributed by atoms with van der Waals surface area (Å²) in [5.74, 6) is 0.500. The second-order valence-corrected chi connectivity index (χ2v) is 4.86. The second kappa shape index (κ2) is 5.39. The molecule has 0 spiro atoms. The summed E-state index contributed by atoms with van der Waals surface area (Å²) < 4.78 is 0. The number of nitrogens with one attached hydrogen (secondary N) is 1. The quantitative estimate of drug-likeness (QED) is 0.866. The van der Waals surface area contributed by atoms with E-state index in [9.17, 15) is 0 Å². The van der Waals surface area contributed by atoms with Gasteiger partial charge in [-0.15, -0.1) is 0 Å². The van der Waals surface area contributed by atoms with Gasteiger partial charge in [0.25, 0.3) is 0 Å². The molecule has 0 heterocycles. The van der Waals surface area contributed by atoms with Crippen molar-refractivity contribution in [2.75, 3.05) is 11.9 Å². The summed E-state index contributed by atoms with van der Waals surface area (Å²) in [5.41, 5.74) is 7.10. The Hall–Kier alpha value is -1.24. The third kappa shape index (κ3) is 2.54. The molecule has 90 valence electrons. The maximum atomic E-state index is 9.10. The number of nitrogens with two attached hydrogens (primary N) is 1. The minimum absolute atomic E-state index is 0.366. The zero-order valence-electron chi connectivity index (χ0n) is 9.62. The lowest BCUT2D eigenvalue weighted by Crippen LogP contribution is -2.29. The van der Waals surface area contributed by atoms with Crippen LogP contribution in [0.1, 0.15) is 24.8 Å². The summed E-state index contributed by atoms with van der Waals surface area (Å²) in [6, 6.07) is 8.01. The van der Waals surface area contributed by atoms with Crippen LogP contribution in [-0.4, -0.2) is 12.6 Å². The Morgan fingerprint density at radius 2 is 2.29 bits per heavy atom. The van der Waals surface area contributed by atoms with E-state index in [0.717, 1.165) is 18.5 Å². The van der Waals surface area contributed by atoms with Crippen LogP contribution >= 0.6 is 11.6 Å². The van der Waals surface area contributed by atoms with Gasteiger partial charge in [-0.05, 0) is 37.4 Å². The van der Waals surface area contributed by atoms with Crippen molar-refractivity contribution in [2.24, 2.45) is 11.7 Å². The van der Waals surface area contributed by atoms with Crippen molar-refractivity contribution in [3.05, 3.63) is 28.8 Å². The number of nitrogens with zero attached hydrogens (tertiary/aromatic N) is 1. The molecule has 1 saturated carbocycles. The molecule has 0 radical (unpaired) electrons. The fourth-order valence-electron chi connectivity index (χ4n) is 2.47.